The molecule has 0 aliphatic heterocycles. The molecular weight excluding hydrogens is 232 g/mol. The lowest BCUT2D eigenvalue weighted by atomic mass is 10.1. The highest BCUT2D eigenvalue weighted by Gasteiger charge is 2.04. The van der Waals surface area contributed by atoms with Gasteiger partial charge in [0, 0.05) is 11.6 Å². The Morgan fingerprint density at radius 2 is 2.17 bits per heavy atom. The summed E-state index contributed by atoms with van der Waals surface area (Å²) in [6, 6.07) is 7.05. The fourth-order valence-corrected chi connectivity index (χ4v) is 1.61. The number of esters is 1. The van der Waals surface area contributed by atoms with Crippen LogP contribution < -0.4 is 5.43 Å². The molecule has 1 aromatic heterocycles. The minimum absolute atomic E-state index is 0.0774. The van der Waals surface area contributed by atoms with Gasteiger partial charge in [-0.3, -0.25) is 4.79 Å². The van der Waals surface area contributed by atoms with Crippen LogP contribution in [0, 0.1) is 0 Å². The van der Waals surface area contributed by atoms with Crippen molar-refractivity contribution in [1.82, 2.24) is 0 Å². The molecular formula is C14H12O4. The Hall–Kier alpha value is -2.36. The summed E-state index contributed by atoms with van der Waals surface area (Å²) >= 11 is 0. The van der Waals surface area contributed by atoms with Gasteiger partial charge in [0.05, 0.1) is 18.8 Å². The number of hydrogen-bond donors (Lipinski definition) is 0. The van der Waals surface area contributed by atoms with Crippen molar-refractivity contribution in [3.05, 3.63) is 58.5 Å². The zero-order valence-corrected chi connectivity index (χ0v) is 9.88. The summed E-state index contributed by atoms with van der Waals surface area (Å²) < 4.78 is 9.82. The number of carbonyl (C=O) groups excluding carboxylic acids is 1. The van der Waals surface area contributed by atoms with Crippen LogP contribution in [-0.2, 0) is 16.0 Å². The molecule has 0 amide bonds. The van der Waals surface area contributed by atoms with Crippen LogP contribution in [0.3, 0.4) is 0 Å². The summed E-state index contributed by atoms with van der Waals surface area (Å²) in [5.74, 6) is -0.444. The first-order valence-corrected chi connectivity index (χ1v) is 5.46. The molecule has 0 bridgehead atoms. The monoisotopic (exact) mass is 244 g/mol. The fraction of sp³-hybridized carbons (Fsp3) is 0.143. The van der Waals surface area contributed by atoms with Crippen LogP contribution in [0.15, 0.2) is 51.9 Å². The largest absolute Gasteiger partial charge is 0.466 e. The molecule has 0 N–H and O–H groups in total. The maximum absolute atomic E-state index is 12.1. The fourth-order valence-electron chi connectivity index (χ4n) is 1.61. The summed E-state index contributed by atoms with van der Waals surface area (Å²) in [5.41, 5.74) is 0.989. The highest BCUT2D eigenvalue weighted by Crippen LogP contribution is 2.10. The lowest BCUT2D eigenvalue weighted by Crippen LogP contribution is -2.07. The third-order valence-corrected chi connectivity index (χ3v) is 2.54. The summed E-state index contributed by atoms with van der Waals surface area (Å²) in [6.07, 6.45) is 4.62. The minimum Gasteiger partial charge on any atom is -0.466 e. The Kier molecular flexibility index (Phi) is 3.57. The SMILES string of the molecule is COC(=O)/C=C/Cc1coc2ccccc2c1=O. The molecule has 0 aliphatic rings. The number of para-hydroxylation sites is 1. The van der Waals surface area contributed by atoms with Crippen molar-refractivity contribution in [2.75, 3.05) is 7.11 Å². The molecule has 0 fully saturated rings. The third-order valence-electron chi connectivity index (χ3n) is 2.54. The molecule has 92 valence electrons. The van der Waals surface area contributed by atoms with Gasteiger partial charge in [-0.2, -0.15) is 0 Å². The second-order valence-corrected chi connectivity index (χ2v) is 3.72. The maximum Gasteiger partial charge on any atom is 0.330 e. The van der Waals surface area contributed by atoms with Gasteiger partial charge in [0.15, 0.2) is 5.43 Å². The van der Waals surface area contributed by atoms with E-state index in [1.165, 1.54) is 19.4 Å². The van der Waals surface area contributed by atoms with Gasteiger partial charge in [0.2, 0.25) is 0 Å². The van der Waals surface area contributed by atoms with E-state index in [1.807, 2.05) is 6.07 Å². The Morgan fingerprint density at radius 1 is 1.39 bits per heavy atom. The molecule has 0 atom stereocenters. The number of hydrogen-bond acceptors (Lipinski definition) is 4. The topological polar surface area (TPSA) is 56.5 Å². The normalized spacial score (nSPS) is 10.9. The Bertz CT molecular complexity index is 652. The molecule has 4 heteroatoms. The molecule has 2 rings (SSSR count). The van der Waals surface area contributed by atoms with Gasteiger partial charge in [-0.15, -0.1) is 0 Å². The van der Waals surface area contributed by atoms with Gasteiger partial charge in [-0.05, 0) is 18.6 Å². The molecule has 0 spiro atoms. The van der Waals surface area contributed by atoms with E-state index in [0.717, 1.165) is 0 Å². The van der Waals surface area contributed by atoms with E-state index in [-0.39, 0.29) is 5.43 Å². The molecule has 4 nitrogen and oxygen atoms in total. The molecule has 2 aromatic rings. The molecule has 18 heavy (non-hydrogen) atoms. The van der Waals surface area contributed by atoms with Crippen molar-refractivity contribution in [1.29, 1.82) is 0 Å². The van der Waals surface area contributed by atoms with Gasteiger partial charge in [-0.25, -0.2) is 4.79 Å². The van der Waals surface area contributed by atoms with Crippen LogP contribution >= 0.6 is 0 Å². The van der Waals surface area contributed by atoms with E-state index in [1.54, 1.807) is 24.3 Å². The van der Waals surface area contributed by atoms with Gasteiger partial charge in [0.1, 0.15) is 5.58 Å². The number of fused-ring (bicyclic) bond motifs is 1. The number of carbonyl (C=O) groups is 1. The predicted molar refractivity (Wildman–Crippen MR) is 67.3 cm³/mol. The Labute approximate surface area is 103 Å². The standard InChI is InChI=1S/C14H12O4/c1-17-13(15)8-4-5-10-9-18-12-7-3-2-6-11(12)14(10)16/h2-4,6-9H,5H2,1H3/b8-4+. The van der Waals surface area contributed by atoms with Crippen molar-refractivity contribution in [2.24, 2.45) is 0 Å². The van der Waals surface area contributed by atoms with E-state index in [4.69, 9.17) is 4.42 Å². The maximum atomic E-state index is 12.1. The highest BCUT2D eigenvalue weighted by molar-refractivity contribution is 5.81. The van der Waals surface area contributed by atoms with Crippen LogP contribution in [-0.4, -0.2) is 13.1 Å². The van der Waals surface area contributed by atoms with Crippen molar-refractivity contribution >= 4 is 16.9 Å². The number of allylic oxidation sites excluding steroid dienone is 1. The van der Waals surface area contributed by atoms with Crippen molar-refractivity contribution in [3.8, 4) is 0 Å². The Morgan fingerprint density at radius 3 is 2.94 bits per heavy atom. The lowest BCUT2D eigenvalue weighted by molar-refractivity contribution is -0.134. The van der Waals surface area contributed by atoms with Crippen LogP contribution in [0.5, 0.6) is 0 Å². The number of rotatable bonds is 3. The van der Waals surface area contributed by atoms with Gasteiger partial charge < -0.3 is 9.15 Å². The molecule has 0 saturated heterocycles. The lowest BCUT2D eigenvalue weighted by Gasteiger charge is -1.99. The third kappa shape index (κ3) is 2.48. The zero-order valence-electron chi connectivity index (χ0n) is 9.88. The van der Waals surface area contributed by atoms with Gasteiger partial charge in [-0.1, -0.05) is 18.2 Å². The van der Waals surface area contributed by atoms with Gasteiger partial charge >= 0.3 is 5.97 Å². The highest BCUT2D eigenvalue weighted by atomic mass is 16.5. The first-order chi connectivity index (χ1) is 8.72. The average Bonchev–Trinajstić information content (AvgIpc) is 2.41. The van der Waals surface area contributed by atoms with Crippen LogP contribution in [0.2, 0.25) is 0 Å². The molecule has 1 heterocycles. The number of benzene rings is 1. The molecule has 1 aromatic carbocycles. The first kappa shape index (κ1) is 12.1. The van der Waals surface area contributed by atoms with E-state index in [0.29, 0.717) is 23.0 Å². The van der Waals surface area contributed by atoms with Crippen LogP contribution in [0.25, 0.3) is 11.0 Å². The van der Waals surface area contributed by atoms with Crippen LogP contribution in [0.1, 0.15) is 5.56 Å². The van der Waals surface area contributed by atoms with Crippen LogP contribution in [0.4, 0.5) is 0 Å². The molecule has 0 saturated carbocycles. The predicted octanol–water partition coefficient (Wildman–Crippen LogP) is 2.06. The molecule has 0 unspecified atom stereocenters. The van der Waals surface area contributed by atoms with E-state index in [2.05, 4.69) is 4.74 Å². The Balaban J connectivity index is 2.30. The van der Waals surface area contributed by atoms with E-state index >= 15 is 0 Å². The van der Waals surface area contributed by atoms with Gasteiger partial charge in [0.25, 0.3) is 0 Å². The smallest absolute Gasteiger partial charge is 0.330 e. The summed E-state index contributed by atoms with van der Waals surface area (Å²) in [5, 5.41) is 0.543. The van der Waals surface area contributed by atoms with E-state index in [9.17, 15) is 9.59 Å². The van der Waals surface area contributed by atoms with E-state index < -0.39 is 5.97 Å². The van der Waals surface area contributed by atoms with Crippen molar-refractivity contribution in [2.45, 2.75) is 6.42 Å². The molecule has 0 aliphatic carbocycles. The second-order valence-electron chi connectivity index (χ2n) is 3.72. The second kappa shape index (κ2) is 5.31. The van der Waals surface area contributed by atoms with Crippen molar-refractivity contribution < 1.29 is 13.9 Å². The summed E-state index contributed by atoms with van der Waals surface area (Å²) in [6.45, 7) is 0. The summed E-state index contributed by atoms with van der Waals surface area (Å²) in [4.78, 5) is 23.0. The number of ether oxygens (including phenoxy) is 1. The van der Waals surface area contributed by atoms with Crippen molar-refractivity contribution in [3.63, 3.8) is 0 Å². The number of methoxy groups -OCH3 is 1. The average molecular weight is 244 g/mol. The summed E-state index contributed by atoms with van der Waals surface area (Å²) in [7, 11) is 1.30. The zero-order chi connectivity index (χ0) is 13.0. The quantitative estimate of drug-likeness (QED) is 0.612. The minimum atomic E-state index is -0.444. The first-order valence-electron chi connectivity index (χ1n) is 5.46. The molecule has 0 radical (unpaired) electrons.